The molecule has 0 saturated heterocycles. The van der Waals surface area contributed by atoms with Crippen LogP contribution in [0.4, 0.5) is 21.0 Å². The van der Waals surface area contributed by atoms with E-state index >= 15 is 0 Å². The predicted octanol–water partition coefficient (Wildman–Crippen LogP) is 7.08. The van der Waals surface area contributed by atoms with Crippen molar-refractivity contribution in [1.29, 1.82) is 0 Å². The van der Waals surface area contributed by atoms with Crippen molar-refractivity contribution < 1.29 is 14.3 Å². The average Bonchev–Trinajstić information content (AvgIpc) is 2.85. The van der Waals surface area contributed by atoms with E-state index < -0.39 is 0 Å². The number of rotatable bonds is 18. The third kappa shape index (κ3) is 14.0. The Kier molecular flexibility index (Phi) is 16.7. The first-order valence-electron chi connectivity index (χ1n) is 13.7. The predicted molar refractivity (Wildman–Crippen MR) is 147 cm³/mol. The first kappa shape index (κ1) is 30.8. The van der Waals surface area contributed by atoms with Crippen molar-refractivity contribution >= 4 is 23.4 Å². The van der Waals surface area contributed by atoms with Crippen LogP contribution in [0.15, 0.2) is 18.2 Å². The summed E-state index contributed by atoms with van der Waals surface area (Å²) in [5, 5.41) is 11.6. The Labute approximate surface area is 213 Å². The Morgan fingerprint density at radius 1 is 0.857 bits per heavy atom. The lowest BCUT2D eigenvalue weighted by Crippen LogP contribution is -2.33. The molecule has 0 heterocycles. The molecule has 0 aliphatic rings. The molecule has 4 N–H and O–H groups in total. The summed E-state index contributed by atoms with van der Waals surface area (Å²) in [7, 11) is 0. The molecule has 1 aromatic carbocycles. The number of hydrogen-bond acceptors (Lipinski definition) is 3. The minimum atomic E-state index is -0.259. The molecule has 0 spiro atoms. The highest BCUT2D eigenvalue weighted by Gasteiger charge is 2.10. The Morgan fingerprint density at radius 2 is 1.51 bits per heavy atom. The third-order valence-electron chi connectivity index (χ3n) is 6.49. The molecule has 4 amide bonds. The van der Waals surface area contributed by atoms with Crippen LogP contribution in [-0.4, -0.2) is 38.4 Å². The molecule has 0 fully saturated rings. The standard InChI is InChI=1S/C28H50N4O3/c1-6-10-13-23(8-3)20-30-28(34)31-25-16-15-22(5)26(19-25)32-27(33)29-17-12-18-35-21-24(9-4)14-11-7-2/h15-16,19,23-24H,6-14,17-18,20-21H2,1-5H3,(H2,29,32,33)(H2,30,31,34). The minimum Gasteiger partial charge on any atom is -0.381 e. The number of urea groups is 2. The normalized spacial score (nSPS) is 12.6. The molecule has 0 bridgehead atoms. The zero-order valence-corrected chi connectivity index (χ0v) is 22.8. The molecule has 200 valence electrons. The largest absolute Gasteiger partial charge is 0.381 e. The van der Waals surface area contributed by atoms with Gasteiger partial charge < -0.3 is 26.0 Å². The van der Waals surface area contributed by atoms with Crippen LogP contribution in [0.1, 0.15) is 91.0 Å². The average molecular weight is 491 g/mol. The molecule has 7 heteroatoms. The van der Waals surface area contributed by atoms with E-state index in [1.165, 1.54) is 32.1 Å². The van der Waals surface area contributed by atoms with E-state index in [0.29, 0.717) is 42.9 Å². The Morgan fingerprint density at radius 3 is 2.17 bits per heavy atom. The van der Waals surface area contributed by atoms with Crippen LogP contribution >= 0.6 is 0 Å². The summed E-state index contributed by atoms with van der Waals surface area (Å²) in [5.74, 6) is 1.13. The molecule has 2 unspecified atom stereocenters. The number of ether oxygens (including phenoxy) is 1. The number of carbonyl (C=O) groups excluding carboxylic acids is 2. The van der Waals surface area contributed by atoms with Gasteiger partial charge in [-0.2, -0.15) is 0 Å². The highest BCUT2D eigenvalue weighted by atomic mass is 16.5. The lowest BCUT2D eigenvalue weighted by molar-refractivity contribution is 0.0925. The van der Waals surface area contributed by atoms with Crippen molar-refractivity contribution in [3.05, 3.63) is 23.8 Å². The minimum absolute atomic E-state index is 0.223. The molecular weight excluding hydrogens is 440 g/mol. The number of anilines is 2. The summed E-state index contributed by atoms with van der Waals surface area (Å²) < 4.78 is 5.80. The van der Waals surface area contributed by atoms with E-state index in [0.717, 1.165) is 37.9 Å². The number of amides is 4. The third-order valence-corrected chi connectivity index (χ3v) is 6.49. The summed E-state index contributed by atoms with van der Waals surface area (Å²) >= 11 is 0. The highest BCUT2D eigenvalue weighted by molar-refractivity contribution is 5.93. The summed E-state index contributed by atoms with van der Waals surface area (Å²) in [6, 6.07) is 5.03. The van der Waals surface area contributed by atoms with Crippen LogP contribution in [-0.2, 0) is 4.74 Å². The Balaban J connectivity index is 2.37. The topological polar surface area (TPSA) is 91.5 Å². The molecular formula is C28H50N4O3. The van der Waals surface area contributed by atoms with Crippen LogP contribution in [0.3, 0.4) is 0 Å². The number of aryl methyl sites for hydroxylation is 1. The van der Waals surface area contributed by atoms with E-state index in [1.54, 1.807) is 6.07 Å². The van der Waals surface area contributed by atoms with Crippen molar-refractivity contribution in [3.8, 4) is 0 Å². The van der Waals surface area contributed by atoms with Gasteiger partial charge in [0.2, 0.25) is 0 Å². The van der Waals surface area contributed by atoms with E-state index in [2.05, 4.69) is 49.0 Å². The lowest BCUT2D eigenvalue weighted by atomic mass is 9.99. The molecule has 0 saturated carbocycles. The molecule has 0 aromatic heterocycles. The van der Waals surface area contributed by atoms with Gasteiger partial charge in [-0.15, -0.1) is 0 Å². The maximum Gasteiger partial charge on any atom is 0.319 e. The SMILES string of the molecule is CCCCC(CC)CNC(=O)Nc1ccc(C)c(NC(=O)NCCCOCC(CC)CCCC)c1. The summed E-state index contributed by atoms with van der Waals surface area (Å²) in [6.45, 7) is 13.4. The fourth-order valence-electron chi connectivity index (χ4n) is 3.88. The van der Waals surface area contributed by atoms with Gasteiger partial charge in [0.05, 0.1) is 0 Å². The Bertz CT molecular complexity index is 726. The maximum absolute atomic E-state index is 12.3. The van der Waals surface area contributed by atoms with Crippen LogP contribution < -0.4 is 21.3 Å². The molecule has 35 heavy (non-hydrogen) atoms. The van der Waals surface area contributed by atoms with Gasteiger partial charge in [0.25, 0.3) is 0 Å². The van der Waals surface area contributed by atoms with Crippen molar-refractivity contribution in [1.82, 2.24) is 10.6 Å². The van der Waals surface area contributed by atoms with Crippen LogP contribution in [0.25, 0.3) is 0 Å². The lowest BCUT2D eigenvalue weighted by Gasteiger charge is -2.16. The zero-order chi connectivity index (χ0) is 25.9. The monoisotopic (exact) mass is 490 g/mol. The summed E-state index contributed by atoms with van der Waals surface area (Å²) in [4.78, 5) is 24.7. The zero-order valence-electron chi connectivity index (χ0n) is 22.8. The number of benzene rings is 1. The van der Waals surface area contributed by atoms with E-state index in [4.69, 9.17) is 4.74 Å². The first-order chi connectivity index (χ1) is 16.9. The Hall–Kier alpha value is -2.28. The first-order valence-corrected chi connectivity index (χ1v) is 13.7. The van der Waals surface area contributed by atoms with Crippen molar-refractivity contribution in [3.63, 3.8) is 0 Å². The number of carbonyl (C=O) groups is 2. The second kappa shape index (κ2) is 19.0. The fourth-order valence-corrected chi connectivity index (χ4v) is 3.88. The van der Waals surface area contributed by atoms with Gasteiger partial charge in [0.1, 0.15) is 0 Å². The number of hydrogen-bond donors (Lipinski definition) is 4. The number of nitrogens with one attached hydrogen (secondary N) is 4. The quantitative estimate of drug-likeness (QED) is 0.166. The van der Waals surface area contributed by atoms with Gasteiger partial charge in [-0.25, -0.2) is 9.59 Å². The highest BCUT2D eigenvalue weighted by Crippen LogP contribution is 2.20. The molecule has 1 rings (SSSR count). The van der Waals surface area contributed by atoms with Gasteiger partial charge >= 0.3 is 12.1 Å². The van der Waals surface area contributed by atoms with E-state index in [9.17, 15) is 9.59 Å². The van der Waals surface area contributed by atoms with Gasteiger partial charge in [-0.1, -0.05) is 72.3 Å². The summed E-state index contributed by atoms with van der Waals surface area (Å²) in [6.07, 6.45) is 10.2. The molecule has 2 atom stereocenters. The maximum atomic E-state index is 12.3. The fraction of sp³-hybridized carbons (Fsp3) is 0.714. The van der Waals surface area contributed by atoms with Crippen LogP contribution in [0, 0.1) is 18.8 Å². The van der Waals surface area contributed by atoms with E-state index in [-0.39, 0.29) is 12.1 Å². The van der Waals surface area contributed by atoms with Gasteiger partial charge in [-0.05, 0) is 55.7 Å². The molecule has 1 aromatic rings. The van der Waals surface area contributed by atoms with Gasteiger partial charge in [-0.3, -0.25) is 0 Å². The second-order valence-corrected chi connectivity index (χ2v) is 9.51. The van der Waals surface area contributed by atoms with Gasteiger partial charge in [0.15, 0.2) is 0 Å². The number of unbranched alkanes of at least 4 members (excludes halogenated alkanes) is 2. The molecule has 0 aliphatic carbocycles. The van der Waals surface area contributed by atoms with Crippen molar-refractivity contribution in [2.45, 2.75) is 92.4 Å². The van der Waals surface area contributed by atoms with Gasteiger partial charge in [0, 0.05) is 37.7 Å². The van der Waals surface area contributed by atoms with Crippen molar-refractivity contribution in [2.24, 2.45) is 11.8 Å². The van der Waals surface area contributed by atoms with Crippen LogP contribution in [0.5, 0.6) is 0 Å². The molecule has 0 aliphatic heterocycles. The van der Waals surface area contributed by atoms with Crippen molar-refractivity contribution in [2.75, 3.05) is 36.9 Å². The second-order valence-electron chi connectivity index (χ2n) is 9.51. The smallest absolute Gasteiger partial charge is 0.319 e. The molecule has 7 nitrogen and oxygen atoms in total. The summed E-state index contributed by atoms with van der Waals surface area (Å²) in [5.41, 5.74) is 2.25. The van der Waals surface area contributed by atoms with Crippen LogP contribution in [0.2, 0.25) is 0 Å². The molecule has 0 radical (unpaired) electrons. The van der Waals surface area contributed by atoms with E-state index in [1.807, 2.05) is 19.1 Å².